The highest BCUT2D eigenvalue weighted by Crippen LogP contribution is 2.31. The SMILES string of the molecule is CC1=NN(c2ccccc2)C(=O)/C1=C/c1ccccc1OS(=O)(=O)c1ccccc1[N+](=O)[O-]. The number of hydrazone groups is 1. The van der Waals surface area contributed by atoms with Gasteiger partial charge in [0.15, 0.2) is 4.90 Å². The lowest BCUT2D eigenvalue weighted by Gasteiger charge is -2.12. The first-order valence-electron chi connectivity index (χ1n) is 9.71. The summed E-state index contributed by atoms with van der Waals surface area (Å²) in [7, 11) is -4.52. The van der Waals surface area contributed by atoms with E-state index in [2.05, 4.69) is 5.10 Å². The van der Waals surface area contributed by atoms with Crippen molar-refractivity contribution >= 4 is 39.2 Å². The molecule has 1 heterocycles. The van der Waals surface area contributed by atoms with Crippen LogP contribution in [0.3, 0.4) is 0 Å². The minimum absolute atomic E-state index is 0.0816. The molecule has 33 heavy (non-hydrogen) atoms. The second-order valence-electron chi connectivity index (χ2n) is 7.00. The third kappa shape index (κ3) is 4.37. The van der Waals surface area contributed by atoms with Crippen molar-refractivity contribution in [1.29, 1.82) is 0 Å². The van der Waals surface area contributed by atoms with E-state index in [-0.39, 0.29) is 17.2 Å². The number of nitrogens with zero attached hydrogens (tertiary/aromatic N) is 3. The molecule has 4 rings (SSSR count). The molecule has 9 nitrogen and oxygen atoms in total. The lowest BCUT2D eigenvalue weighted by atomic mass is 10.1. The lowest BCUT2D eigenvalue weighted by Crippen LogP contribution is -2.21. The van der Waals surface area contributed by atoms with Crippen LogP contribution in [-0.2, 0) is 14.9 Å². The smallest absolute Gasteiger partial charge is 0.346 e. The Labute approximate surface area is 189 Å². The van der Waals surface area contributed by atoms with Gasteiger partial charge in [0.2, 0.25) is 0 Å². The van der Waals surface area contributed by atoms with Crippen LogP contribution in [0, 0.1) is 10.1 Å². The van der Waals surface area contributed by atoms with E-state index in [0.29, 0.717) is 17.0 Å². The molecule has 1 aliphatic heterocycles. The van der Waals surface area contributed by atoms with Crippen molar-refractivity contribution in [3.05, 3.63) is 100 Å². The van der Waals surface area contributed by atoms with Crippen molar-refractivity contribution in [2.45, 2.75) is 11.8 Å². The summed E-state index contributed by atoms with van der Waals surface area (Å²) in [5.74, 6) is -0.461. The van der Waals surface area contributed by atoms with Crippen LogP contribution < -0.4 is 9.19 Å². The molecule has 0 fully saturated rings. The molecular weight excluding hydrogens is 446 g/mol. The van der Waals surface area contributed by atoms with Gasteiger partial charge in [-0.15, -0.1) is 0 Å². The van der Waals surface area contributed by atoms with Crippen LogP contribution in [0.5, 0.6) is 5.75 Å². The lowest BCUT2D eigenvalue weighted by molar-refractivity contribution is -0.387. The maximum Gasteiger partial charge on any atom is 0.346 e. The number of hydrogen-bond donors (Lipinski definition) is 0. The number of nitro benzene ring substituents is 1. The van der Waals surface area contributed by atoms with Crippen LogP contribution in [0.15, 0.2) is 94.4 Å². The molecule has 0 N–H and O–H groups in total. The predicted octanol–water partition coefficient (Wildman–Crippen LogP) is 4.17. The van der Waals surface area contributed by atoms with Crippen molar-refractivity contribution in [3.63, 3.8) is 0 Å². The molecule has 1 amide bonds. The Kier molecular flexibility index (Phi) is 5.76. The summed E-state index contributed by atoms with van der Waals surface area (Å²) in [6.07, 6.45) is 1.48. The number of nitro groups is 1. The van der Waals surface area contributed by atoms with Crippen LogP contribution in [0.4, 0.5) is 11.4 Å². The van der Waals surface area contributed by atoms with Crippen LogP contribution >= 0.6 is 0 Å². The molecule has 0 aliphatic carbocycles. The van der Waals surface area contributed by atoms with Crippen molar-refractivity contribution in [1.82, 2.24) is 0 Å². The minimum Gasteiger partial charge on any atom is -0.378 e. The number of rotatable bonds is 6. The highest BCUT2D eigenvalue weighted by molar-refractivity contribution is 7.87. The van der Waals surface area contributed by atoms with Gasteiger partial charge in [-0.2, -0.15) is 18.5 Å². The Morgan fingerprint density at radius 2 is 1.61 bits per heavy atom. The zero-order valence-electron chi connectivity index (χ0n) is 17.3. The summed E-state index contributed by atoms with van der Waals surface area (Å²) < 4.78 is 30.9. The molecule has 0 aromatic heterocycles. The topological polar surface area (TPSA) is 119 Å². The van der Waals surface area contributed by atoms with Gasteiger partial charge < -0.3 is 4.18 Å². The van der Waals surface area contributed by atoms with Gasteiger partial charge in [-0.05, 0) is 37.3 Å². The summed E-state index contributed by atoms with van der Waals surface area (Å²) in [6, 6.07) is 20.0. The molecule has 0 unspecified atom stereocenters. The van der Waals surface area contributed by atoms with Crippen molar-refractivity contribution in [2.75, 3.05) is 5.01 Å². The first kappa shape index (κ1) is 21.9. The van der Waals surface area contributed by atoms with E-state index in [1.54, 1.807) is 49.4 Å². The minimum atomic E-state index is -4.52. The molecule has 0 spiro atoms. The third-order valence-electron chi connectivity index (χ3n) is 4.81. The molecule has 0 bridgehead atoms. The van der Waals surface area contributed by atoms with Gasteiger partial charge in [0.25, 0.3) is 11.6 Å². The van der Waals surface area contributed by atoms with Crippen molar-refractivity contribution in [2.24, 2.45) is 5.10 Å². The molecule has 3 aromatic rings. The normalized spacial score (nSPS) is 14.9. The summed E-state index contributed by atoms with van der Waals surface area (Å²) in [6.45, 7) is 1.67. The Hall–Kier alpha value is -4.31. The highest BCUT2D eigenvalue weighted by atomic mass is 32.2. The zero-order chi connectivity index (χ0) is 23.6. The summed E-state index contributed by atoms with van der Waals surface area (Å²) in [5, 5.41) is 16.8. The van der Waals surface area contributed by atoms with Crippen LogP contribution in [0.2, 0.25) is 0 Å². The molecule has 0 atom stereocenters. The van der Waals surface area contributed by atoms with Gasteiger partial charge in [-0.3, -0.25) is 14.9 Å². The monoisotopic (exact) mass is 463 g/mol. The maximum absolute atomic E-state index is 13.0. The fraction of sp³-hybridized carbons (Fsp3) is 0.0435. The Morgan fingerprint density at radius 1 is 0.970 bits per heavy atom. The van der Waals surface area contributed by atoms with E-state index in [4.69, 9.17) is 4.18 Å². The van der Waals surface area contributed by atoms with Gasteiger partial charge in [0.05, 0.1) is 21.9 Å². The van der Waals surface area contributed by atoms with Crippen LogP contribution in [0.25, 0.3) is 6.08 Å². The van der Waals surface area contributed by atoms with Gasteiger partial charge in [-0.1, -0.05) is 48.5 Å². The van der Waals surface area contributed by atoms with E-state index < -0.39 is 25.6 Å². The Bertz CT molecular complexity index is 1410. The fourth-order valence-electron chi connectivity index (χ4n) is 3.24. The van der Waals surface area contributed by atoms with E-state index in [1.807, 2.05) is 6.07 Å². The Balaban J connectivity index is 1.70. The standard InChI is InChI=1S/C23H17N3O6S/c1-16-19(23(27)25(24-16)18-10-3-2-4-11-18)15-17-9-5-7-13-21(17)32-33(30,31)22-14-8-6-12-20(22)26(28)29/h2-15H,1H3/b19-15+. The van der Waals surface area contributed by atoms with E-state index in [0.717, 1.165) is 12.1 Å². The van der Waals surface area contributed by atoms with Gasteiger partial charge >= 0.3 is 10.1 Å². The van der Waals surface area contributed by atoms with Crippen molar-refractivity contribution < 1.29 is 22.3 Å². The molecule has 166 valence electrons. The maximum atomic E-state index is 13.0. The third-order valence-corrected chi connectivity index (χ3v) is 6.10. The molecule has 0 saturated carbocycles. The number of anilines is 1. The Morgan fingerprint density at radius 3 is 2.33 bits per heavy atom. The van der Waals surface area contributed by atoms with Crippen LogP contribution in [-0.4, -0.2) is 25.0 Å². The predicted molar refractivity (Wildman–Crippen MR) is 122 cm³/mol. The second-order valence-corrected chi connectivity index (χ2v) is 8.51. The first-order chi connectivity index (χ1) is 15.8. The summed E-state index contributed by atoms with van der Waals surface area (Å²) >= 11 is 0. The number of benzene rings is 3. The van der Waals surface area contributed by atoms with Gasteiger partial charge in [0, 0.05) is 11.6 Å². The van der Waals surface area contributed by atoms with E-state index in [1.165, 1.54) is 29.3 Å². The quantitative estimate of drug-likeness (QED) is 0.234. The molecule has 0 saturated heterocycles. The molecule has 1 aliphatic rings. The second kappa shape index (κ2) is 8.67. The fourth-order valence-corrected chi connectivity index (χ4v) is 4.36. The number of carbonyl (C=O) groups is 1. The van der Waals surface area contributed by atoms with Gasteiger partial charge in [-0.25, -0.2) is 0 Å². The molecular formula is C23H17N3O6S. The number of hydrogen-bond acceptors (Lipinski definition) is 7. The largest absolute Gasteiger partial charge is 0.378 e. The van der Waals surface area contributed by atoms with E-state index in [9.17, 15) is 23.3 Å². The first-order valence-corrected chi connectivity index (χ1v) is 11.1. The highest BCUT2D eigenvalue weighted by Gasteiger charge is 2.30. The average molecular weight is 463 g/mol. The number of carbonyl (C=O) groups excluding carboxylic acids is 1. The summed E-state index contributed by atoms with van der Waals surface area (Å²) in [5.41, 5.74) is 1.00. The molecule has 3 aromatic carbocycles. The number of amides is 1. The zero-order valence-corrected chi connectivity index (χ0v) is 18.1. The van der Waals surface area contributed by atoms with E-state index >= 15 is 0 Å². The molecule has 10 heteroatoms. The van der Waals surface area contributed by atoms with Crippen molar-refractivity contribution in [3.8, 4) is 5.75 Å². The number of para-hydroxylation sites is 3. The molecule has 0 radical (unpaired) electrons. The summed E-state index contributed by atoms with van der Waals surface area (Å²) in [4.78, 5) is 22.9. The van der Waals surface area contributed by atoms with Gasteiger partial charge in [0.1, 0.15) is 5.75 Å². The van der Waals surface area contributed by atoms with Crippen LogP contribution in [0.1, 0.15) is 12.5 Å². The average Bonchev–Trinajstić information content (AvgIpc) is 3.09.